The first-order valence-electron chi connectivity index (χ1n) is 6.48. The number of nitrogens with one attached hydrogen (secondary N) is 2. The maximum atomic E-state index is 9.53. The van der Waals surface area contributed by atoms with Gasteiger partial charge in [-0.15, -0.1) is 0 Å². The zero-order chi connectivity index (χ0) is 12.1. The second-order valence-electron chi connectivity index (χ2n) is 4.89. The first-order chi connectivity index (χ1) is 8.25. The van der Waals surface area contributed by atoms with E-state index in [1.54, 1.807) is 6.92 Å². The van der Waals surface area contributed by atoms with Crippen LogP contribution in [0.5, 0.6) is 0 Å². The Bertz CT molecular complexity index is 346. The van der Waals surface area contributed by atoms with Crippen LogP contribution in [0.2, 0.25) is 0 Å². The summed E-state index contributed by atoms with van der Waals surface area (Å²) in [6, 6.07) is 8.03. The molecule has 2 atom stereocenters. The van der Waals surface area contributed by atoms with Gasteiger partial charge in [-0.1, -0.05) is 12.1 Å². The van der Waals surface area contributed by atoms with Crippen molar-refractivity contribution in [3.63, 3.8) is 0 Å². The van der Waals surface area contributed by atoms with Gasteiger partial charge in [0.2, 0.25) is 0 Å². The average Bonchev–Trinajstić information content (AvgIpc) is 2.38. The predicted octanol–water partition coefficient (Wildman–Crippen LogP) is 2.15. The maximum absolute atomic E-state index is 9.53. The minimum atomic E-state index is -0.395. The van der Waals surface area contributed by atoms with Crippen LogP contribution in [0.15, 0.2) is 24.3 Å². The molecule has 0 aliphatic carbocycles. The topological polar surface area (TPSA) is 44.3 Å². The molecule has 3 heteroatoms. The van der Waals surface area contributed by atoms with Crippen molar-refractivity contribution in [2.45, 2.75) is 25.9 Å². The highest BCUT2D eigenvalue weighted by atomic mass is 16.3. The molecule has 1 heterocycles. The number of aliphatic hydroxyl groups excluding tert-OH is 1. The summed E-state index contributed by atoms with van der Waals surface area (Å²) in [5.41, 5.74) is 2.07. The number of piperidine rings is 1. The lowest BCUT2D eigenvalue weighted by atomic mass is 9.99. The minimum absolute atomic E-state index is 0.395. The van der Waals surface area contributed by atoms with Crippen LogP contribution in [0.1, 0.15) is 31.4 Å². The Hall–Kier alpha value is -1.06. The number of hydrogen-bond acceptors (Lipinski definition) is 3. The monoisotopic (exact) mass is 234 g/mol. The van der Waals surface area contributed by atoms with Crippen molar-refractivity contribution >= 4 is 5.69 Å². The van der Waals surface area contributed by atoms with Crippen molar-refractivity contribution in [1.29, 1.82) is 0 Å². The van der Waals surface area contributed by atoms with Crippen LogP contribution in [0.4, 0.5) is 5.69 Å². The number of aliphatic hydroxyl groups is 1. The smallest absolute Gasteiger partial charge is 0.0762 e. The van der Waals surface area contributed by atoms with Crippen molar-refractivity contribution in [1.82, 2.24) is 5.32 Å². The van der Waals surface area contributed by atoms with Gasteiger partial charge in [0.05, 0.1) is 6.10 Å². The normalized spacial score (nSPS) is 22.1. The molecule has 2 unspecified atom stereocenters. The Kier molecular flexibility index (Phi) is 4.40. The van der Waals surface area contributed by atoms with Crippen molar-refractivity contribution in [2.24, 2.45) is 5.92 Å². The van der Waals surface area contributed by atoms with Crippen molar-refractivity contribution in [3.8, 4) is 0 Å². The molecule has 0 radical (unpaired) electrons. The Morgan fingerprint density at radius 1 is 1.53 bits per heavy atom. The van der Waals surface area contributed by atoms with E-state index >= 15 is 0 Å². The molecular weight excluding hydrogens is 212 g/mol. The fourth-order valence-corrected chi connectivity index (χ4v) is 2.27. The fraction of sp³-hybridized carbons (Fsp3) is 0.571. The average molecular weight is 234 g/mol. The van der Waals surface area contributed by atoms with Crippen LogP contribution in [0, 0.1) is 5.92 Å². The highest BCUT2D eigenvalue weighted by Gasteiger charge is 2.12. The van der Waals surface area contributed by atoms with Gasteiger partial charge in [-0.2, -0.15) is 0 Å². The lowest BCUT2D eigenvalue weighted by molar-refractivity contribution is 0.199. The highest BCUT2D eigenvalue weighted by Crippen LogP contribution is 2.18. The minimum Gasteiger partial charge on any atom is -0.389 e. The van der Waals surface area contributed by atoms with E-state index in [1.165, 1.54) is 12.8 Å². The molecule has 0 saturated carbocycles. The van der Waals surface area contributed by atoms with E-state index < -0.39 is 6.10 Å². The lowest BCUT2D eigenvalue weighted by Crippen LogP contribution is -2.33. The summed E-state index contributed by atoms with van der Waals surface area (Å²) in [5, 5.41) is 16.4. The van der Waals surface area contributed by atoms with E-state index in [0.29, 0.717) is 0 Å². The Balaban J connectivity index is 1.87. The zero-order valence-corrected chi connectivity index (χ0v) is 10.4. The van der Waals surface area contributed by atoms with E-state index in [-0.39, 0.29) is 0 Å². The lowest BCUT2D eigenvalue weighted by Gasteiger charge is -2.23. The summed E-state index contributed by atoms with van der Waals surface area (Å²) in [5.74, 6) is 0.721. The van der Waals surface area contributed by atoms with Gasteiger partial charge >= 0.3 is 0 Å². The molecule has 1 aromatic carbocycles. The van der Waals surface area contributed by atoms with Crippen LogP contribution in [0.3, 0.4) is 0 Å². The van der Waals surface area contributed by atoms with Gasteiger partial charge in [0.25, 0.3) is 0 Å². The van der Waals surface area contributed by atoms with E-state index in [9.17, 15) is 5.11 Å². The third-order valence-electron chi connectivity index (χ3n) is 3.36. The third-order valence-corrected chi connectivity index (χ3v) is 3.36. The molecule has 0 aromatic heterocycles. The molecule has 94 valence electrons. The first-order valence-corrected chi connectivity index (χ1v) is 6.48. The number of rotatable bonds is 4. The van der Waals surface area contributed by atoms with Crippen molar-refractivity contribution < 1.29 is 5.11 Å². The molecule has 1 aliphatic heterocycles. The molecule has 1 fully saturated rings. The second-order valence-corrected chi connectivity index (χ2v) is 4.89. The highest BCUT2D eigenvalue weighted by molar-refractivity contribution is 5.46. The maximum Gasteiger partial charge on any atom is 0.0762 e. The Labute approximate surface area is 103 Å². The summed E-state index contributed by atoms with van der Waals surface area (Å²) in [6.07, 6.45) is 2.18. The quantitative estimate of drug-likeness (QED) is 0.748. The van der Waals surface area contributed by atoms with E-state index in [2.05, 4.69) is 16.7 Å². The molecular formula is C14H22N2O. The van der Waals surface area contributed by atoms with Gasteiger partial charge in [-0.25, -0.2) is 0 Å². The first kappa shape index (κ1) is 12.4. The largest absolute Gasteiger partial charge is 0.389 e. The number of hydrogen-bond donors (Lipinski definition) is 3. The second kappa shape index (κ2) is 6.03. The molecule has 3 N–H and O–H groups in total. The molecule has 17 heavy (non-hydrogen) atoms. The molecule has 0 bridgehead atoms. The van der Waals surface area contributed by atoms with Gasteiger partial charge in [-0.3, -0.25) is 0 Å². The van der Waals surface area contributed by atoms with Gasteiger partial charge in [0.15, 0.2) is 0 Å². The summed E-state index contributed by atoms with van der Waals surface area (Å²) in [6.45, 7) is 5.08. The molecule has 1 saturated heterocycles. The Morgan fingerprint density at radius 2 is 2.41 bits per heavy atom. The number of benzene rings is 1. The number of anilines is 1. The van der Waals surface area contributed by atoms with Crippen LogP contribution >= 0.6 is 0 Å². The van der Waals surface area contributed by atoms with Crippen LogP contribution in [-0.4, -0.2) is 24.7 Å². The van der Waals surface area contributed by atoms with Crippen molar-refractivity contribution in [2.75, 3.05) is 25.0 Å². The van der Waals surface area contributed by atoms with E-state index in [4.69, 9.17) is 0 Å². The van der Waals surface area contributed by atoms with Gasteiger partial charge in [-0.05, 0) is 56.5 Å². The molecule has 0 spiro atoms. The summed E-state index contributed by atoms with van der Waals surface area (Å²) in [4.78, 5) is 0. The fourth-order valence-electron chi connectivity index (χ4n) is 2.27. The molecule has 3 nitrogen and oxygen atoms in total. The van der Waals surface area contributed by atoms with Crippen molar-refractivity contribution in [3.05, 3.63) is 29.8 Å². The van der Waals surface area contributed by atoms with Crippen LogP contribution in [0.25, 0.3) is 0 Å². The SMILES string of the molecule is CC(O)c1cccc(NCC2CCCNC2)c1. The Morgan fingerprint density at radius 3 is 3.12 bits per heavy atom. The van der Waals surface area contributed by atoms with Crippen LogP contribution < -0.4 is 10.6 Å². The van der Waals surface area contributed by atoms with E-state index in [1.807, 2.05) is 18.2 Å². The van der Waals surface area contributed by atoms with E-state index in [0.717, 1.165) is 36.8 Å². The van der Waals surface area contributed by atoms with Gasteiger partial charge < -0.3 is 15.7 Å². The standard InChI is InChI=1S/C14H22N2O/c1-11(17)13-5-2-6-14(8-13)16-10-12-4-3-7-15-9-12/h2,5-6,8,11-12,15-17H,3-4,7,9-10H2,1H3. The summed E-state index contributed by atoms with van der Waals surface area (Å²) >= 11 is 0. The zero-order valence-electron chi connectivity index (χ0n) is 10.4. The predicted molar refractivity (Wildman–Crippen MR) is 71.2 cm³/mol. The van der Waals surface area contributed by atoms with Gasteiger partial charge in [0, 0.05) is 12.2 Å². The molecule has 1 aliphatic rings. The molecule has 1 aromatic rings. The van der Waals surface area contributed by atoms with Crippen LogP contribution in [-0.2, 0) is 0 Å². The molecule has 0 amide bonds. The molecule has 2 rings (SSSR count). The summed E-state index contributed by atoms with van der Waals surface area (Å²) < 4.78 is 0. The third kappa shape index (κ3) is 3.72. The van der Waals surface area contributed by atoms with Gasteiger partial charge in [0.1, 0.15) is 0 Å². The summed E-state index contributed by atoms with van der Waals surface area (Å²) in [7, 11) is 0.